The van der Waals surface area contributed by atoms with Crippen LogP contribution < -0.4 is 0 Å². The molecule has 0 radical (unpaired) electrons. The van der Waals surface area contributed by atoms with E-state index in [1.807, 2.05) is 0 Å². The third-order valence-corrected chi connectivity index (χ3v) is 5.97. The van der Waals surface area contributed by atoms with E-state index in [2.05, 4.69) is 0 Å². The number of rotatable bonds is 4. The van der Waals surface area contributed by atoms with Gasteiger partial charge in [0.25, 0.3) is 0 Å². The molecule has 0 fully saturated rings. The van der Waals surface area contributed by atoms with Crippen molar-refractivity contribution < 1.29 is 110 Å². The highest BCUT2D eigenvalue weighted by Gasteiger charge is 2.55. The summed E-state index contributed by atoms with van der Waals surface area (Å²) in [7, 11) is 0. The predicted molar refractivity (Wildman–Crippen MR) is 105 cm³/mol. The molecule has 1 nitrogen and oxygen atoms in total. The molecule has 0 aliphatic heterocycles. The Kier molecular flexibility index (Phi) is 9.97. The van der Waals surface area contributed by atoms with Crippen LogP contribution in [-0.2, 0) is 67.0 Å². The molecule has 0 heterocycles. The van der Waals surface area contributed by atoms with Crippen molar-refractivity contribution in [3.8, 4) is 0 Å². The van der Waals surface area contributed by atoms with Gasteiger partial charge in [-0.2, -0.15) is 105 Å². The number of alkyl halides is 24. The van der Waals surface area contributed by atoms with Gasteiger partial charge >= 0.3 is 49.4 Å². The lowest BCUT2D eigenvalue weighted by Crippen LogP contribution is -2.30. The lowest BCUT2D eigenvalue weighted by atomic mass is 9.84. The van der Waals surface area contributed by atoms with Crippen LogP contribution in [0.1, 0.15) is 55.6 Å². The molecule has 0 saturated carbocycles. The maximum atomic E-state index is 13.7. The molecule has 25 heteroatoms. The van der Waals surface area contributed by atoms with Crippen LogP contribution >= 0.6 is 0 Å². The zero-order valence-electron chi connectivity index (χ0n) is 21.5. The van der Waals surface area contributed by atoms with Gasteiger partial charge in [-0.15, -0.1) is 0 Å². The van der Waals surface area contributed by atoms with Crippen LogP contribution in [0.2, 0.25) is 0 Å². The minimum Gasteiger partial charge on any atom is -0.299 e. The van der Waals surface area contributed by atoms with Crippen LogP contribution in [0.25, 0.3) is 0 Å². The fraction of sp³-hybridized carbons (Fsp3) is 0.435. The molecule has 0 aromatic heterocycles. The molecule has 2 rings (SSSR count). The summed E-state index contributed by atoms with van der Waals surface area (Å²) in [5, 5.41) is 0. The van der Waals surface area contributed by atoms with Crippen molar-refractivity contribution in [2.24, 2.45) is 0 Å². The first-order valence-electron chi connectivity index (χ1n) is 11.3. The first kappa shape index (κ1) is 40.6. The number of carbonyl (C=O) groups excluding carboxylic acids is 1. The van der Waals surface area contributed by atoms with E-state index in [4.69, 9.17) is 0 Å². The van der Waals surface area contributed by atoms with Crippen molar-refractivity contribution >= 4 is 5.78 Å². The number of ketones is 1. The van der Waals surface area contributed by atoms with Gasteiger partial charge < -0.3 is 0 Å². The third kappa shape index (κ3) is 8.52. The second-order valence-electron chi connectivity index (χ2n) is 9.27. The zero-order chi connectivity index (χ0) is 38.2. The number of halogens is 24. The molecule has 2 aromatic carbocycles. The summed E-state index contributed by atoms with van der Waals surface area (Å²) in [5.41, 5.74) is -36.5. The molecule has 0 bridgehead atoms. The molecule has 0 saturated heterocycles. The minimum absolute atomic E-state index is 1.73. The summed E-state index contributed by atoms with van der Waals surface area (Å²) in [6.07, 6.45) is -60.8. The largest absolute Gasteiger partial charge is 0.417 e. The molecule has 2 aromatic rings. The Balaban J connectivity index is 3.22. The van der Waals surface area contributed by atoms with Crippen molar-refractivity contribution in [1.82, 2.24) is 0 Å². The molecule has 0 aliphatic rings. The topological polar surface area (TPSA) is 17.1 Å². The van der Waals surface area contributed by atoms with Crippen molar-refractivity contribution in [2.45, 2.75) is 62.3 Å². The number of hydrogen-bond donors (Lipinski definition) is 0. The summed E-state index contributed by atoms with van der Waals surface area (Å²) in [6.45, 7) is 0. The Morgan fingerprint density at radius 1 is 0.333 bits per heavy atom. The van der Waals surface area contributed by atoms with Crippen molar-refractivity contribution in [3.05, 3.63) is 67.8 Å². The fourth-order valence-electron chi connectivity index (χ4n) is 4.48. The molecule has 0 amide bonds. The number of benzene rings is 2. The van der Waals surface area contributed by atoms with E-state index in [0.717, 1.165) is 0 Å². The maximum absolute atomic E-state index is 13.7. The number of Topliss-reactive ketones (excluding diaryl/α,β-unsaturated/α-hetero) is 1. The third-order valence-electron chi connectivity index (χ3n) is 5.97. The maximum Gasteiger partial charge on any atom is 0.417 e. The van der Waals surface area contributed by atoms with E-state index in [9.17, 15) is 110 Å². The van der Waals surface area contributed by atoms with Gasteiger partial charge in [0.05, 0.1) is 44.5 Å². The highest BCUT2D eigenvalue weighted by atomic mass is 19.4. The summed E-state index contributed by atoms with van der Waals surface area (Å²) < 4.78 is 326. The molecule has 0 unspecified atom stereocenters. The quantitative estimate of drug-likeness (QED) is 0.284. The Bertz CT molecular complexity index is 1330. The second kappa shape index (κ2) is 11.8. The van der Waals surface area contributed by atoms with Gasteiger partial charge in [-0.25, -0.2) is 0 Å². The standard InChI is InChI=1S/C23H6F24O/c24-16(25,26)8-3-9(17(27,28)29)13(21(39,40)41)6(12(8)20(36,37)38)1-5(48)2-7-14(22(42,43)44)10(18(30,31)32)4-11(19(33,34)35)15(7)23(45,46)47/h3-4H,1-2H2. The molecular weight excluding hydrogens is 748 g/mol. The Labute approximate surface area is 247 Å². The lowest BCUT2D eigenvalue weighted by molar-refractivity contribution is -0.172. The first-order valence-corrected chi connectivity index (χ1v) is 11.3. The van der Waals surface area contributed by atoms with Crippen LogP contribution in [-0.4, -0.2) is 5.78 Å². The number of hydrogen-bond acceptors (Lipinski definition) is 1. The van der Waals surface area contributed by atoms with E-state index in [-0.39, 0.29) is 0 Å². The highest BCUT2D eigenvalue weighted by Crippen LogP contribution is 2.53. The van der Waals surface area contributed by atoms with Gasteiger partial charge in [-0.05, 0) is 23.3 Å². The normalized spacial score (nSPS) is 14.5. The summed E-state index contributed by atoms with van der Waals surface area (Å²) in [6, 6.07) is -3.46. The van der Waals surface area contributed by atoms with Crippen molar-refractivity contribution in [1.29, 1.82) is 0 Å². The molecule has 272 valence electrons. The smallest absolute Gasteiger partial charge is 0.299 e. The van der Waals surface area contributed by atoms with Crippen molar-refractivity contribution in [3.63, 3.8) is 0 Å². The molecule has 0 atom stereocenters. The first-order chi connectivity index (χ1) is 20.8. The monoisotopic (exact) mass is 754 g/mol. The zero-order valence-corrected chi connectivity index (χ0v) is 21.5. The van der Waals surface area contributed by atoms with Gasteiger partial charge in [-0.1, -0.05) is 0 Å². The van der Waals surface area contributed by atoms with Gasteiger partial charge in [0.1, 0.15) is 5.78 Å². The van der Waals surface area contributed by atoms with Crippen LogP contribution in [0.5, 0.6) is 0 Å². The average molecular weight is 754 g/mol. The minimum atomic E-state index is -6.86. The molecule has 0 N–H and O–H groups in total. The summed E-state index contributed by atoms with van der Waals surface area (Å²) >= 11 is 0. The Morgan fingerprint density at radius 2 is 0.500 bits per heavy atom. The van der Waals surface area contributed by atoms with Gasteiger partial charge in [0, 0.05) is 12.8 Å². The highest BCUT2D eigenvalue weighted by molar-refractivity contribution is 5.85. The predicted octanol–water partition coefficient (Wildman–Crippen LogP) is 11.2. The molecule has 48 heavy (non-hydrogen) atoms. The number of carbonyl (C=O) groups is 1. The Morgan fingerprint density at radius 3 is 0.625 bits per heavy atom. The van der Waals surface area contributed by atoms with E-state index < -0.39 is 136 Å². The van der Waals surface area contributed by atoms with Crippen LogP contribution in [0.3, 0.4) is 0 Å². The lowest BCUT2D eigenvalue weighted by Gasteiger charge is -2.27. The Hall–Kier alpha value is -3.57. The van der Waals surface area contributed by atoms with Crippen LogP contribution in [0.4, 0.5) is 105 Å². The van der Waals surface area contributed by atoms with E-state index in [1.54, 1.807) is 0 Å². The summed E-state index contributed by atoms with van der Waals surface area (Å²) in [5.74, 6) is -3.15. The van der Waals surface area contributed by atoms with Crippen LogP contribution in [0.15, 0.2) is 12.1 Å². The van der Waals surface area contributed by atoms with Crippen LogP contribution in [0, 0.1) is 0 Å². The van der Waals surface area contributed by atoms with Crippen molar-refractivity contribution in [2.75, 3.05) is 0 Å². The average Bonchev–Trinajstić information content (AvgIpc) is 2.77. The summed E-state index contributed by atoms with van der Waals surface area (Å²) in [4.78, 5) is 12.5. The SMILES string of the molecule is O=C(Cc1c(C(F)(F)F)c(C(F)(F)F)cc(C(F)(F)F)c1C(F)(F)F)Cc1c(C(F)(F)F)c(C(F)(F)F)cc(C(F)(F)F)c1C(F)(F)F. The van der Waals surface area contributed by atoms with E-state index in [0.29, 0.717) is 0 Å². The van der Waals surface area contributed by atoms with Gasteiger partial charge in [0.2, 0.25) is 0 Å². The van der Waals surface area contributed by atoms with E-state index in [1.165, 1.54) is 0 Å². The molecular formula is C23H6F24O. The second-order valence-corrected chi connectivity index (χ2v) is 9.27. The molecule has 0 aliphatic carbocycles. The van der Waals surface area contributed by atoms with Gasteiger partial charge in [0.15, 0.2) is 0 Å². The molecule has 0 spiro atoms. The van der Waals surface area contributed by atoms with E-state index >= 15 is 0 Å². The van der Waals surface area contributed by atoms with Gasteiger partial charge in [-0.3, -0.25) is 4.79 Å². The fourth-order valence-corrected chi connectivity index (χ4v) is 4.48.